The SMILES string of the molecule is C=C1Oc2cc(OC)ccc2C(=O)C1c1cccnc1. The summed E-state index contributed by atoms with van der Waals surface area (Å²) >= 11 is 0. The lowest BCUT2D eigenvalue weighted by molar-refractivity contribution is 0.0937. The van der Waals surface area contributed by atoms with Gasteiger partial charge < -0.3 is 9.47 Å². The Morgan fingerprint density at radius 3 is 2.90 bits per heavy atom. The molecule has 0 N–H and O–H groups in total. The molecule has 0 radical (unpaired) electrons. The van der Waals surface area contributed by atoms with Gasteiger partial charge in [-0.05, 0) is 23.8 Å². The summed E-state index contributed by atoms with van der Waals surface area (Å²) < 4.78 is 10.8. The topological polar surface area (TPSA) is 48.4 Å². The van der Waals surface area contributed by atoms with Crippen molar-refractivity contribution in [1.29, 1.82) is 0 Å². The molecule has 4 heteroatoms. The van der Waals surface area contributed by atoms with Crippen molar-refractivity contribution in [2.24, 2.45) is 0 Å². The largest absolute Gasteiger partial charge is 0.497 e. The van der Waals surface area contributed by atoms with Gasteiger partial charge in [-0.2, -0.15) is 0 Å². The molecule has 0 aliphatic carbocycles. The first kappa shape index (κ1) is 12.4. The fourth-order valence-corrected chi connectivity index (χ4v) is 2.30. The van der Waals surface area contributed by atoms with E-state index in [1.165, 1.54) is 0 Å². The molecular weight excluding hydrogens is 254 g/mol. The number of pyridine rings is 1. The van der Waals surface area contributed by atoms with E-state index in [0.29, 0.717) is 22.8 Å². The molecule has 1 aromatic carbocycles. The van der Waals surface area contributed by atoms with Crippen molar-refractivity contribution in [2.75, 3.05) is 7.11 Å². The van der Waals surface area contributed by atoms with Gasteiger partial charge in [0.15, 0.2) is 5.78 Å². The Balaban J connectivity index is 2.05. The van der Waals surface area contributed by atoms with Crippen molar-refractivity contribution in [1.82, 2.24) is 4.98 Å². The van der Waals surface area contributed by atoms with Crippen LogP contribution in [0.5, 0.6) is 11.5 Å². The van der Waals surface area contributed by atoms with Gasteiger partial charge in [0.1, 0.15) is 23.2 Å². The normalized spacial score (nSPS) is 17.4. The highest BCUT2D eigenvalue weighted by Crippen LogP contribution is 2.39. The van der Waals surface area contributed by atoms with Crippen LogP contribution in [0.4, 0.5) is 0 Å². The Bertz CT molecular complexity index is 679. The quantitative estimate of drug-likeness (QED) is 0.839. The number of nitrogens with zero attached hydrogens (tertiary/aromatic N) is 1. The summed E-state index contributed by atoms with van der Waals surface area (Å²) in [6.45, 7) is 3.87. The summed E-state index contributed by atoms with van der Waals surface area (Å²) in [6.07, 6.45) is 3.32. The molecule has 100 valence electrons. The summed E-state index contributed by atoms with van der Waals surface area (Å²) in [5.41, 5.74) is 1.32. The molecular formula is C16H13NO3. The summed E-state index contributed by atoms with van der Waals surface area (Å²) in [5, 5.41) is 0. The molecule has 0 spiro atoms. The maximum Gasteiger partial charge on any atom is 0.181 e. The van der Waals surface area contributed by atoms with E-state index >= 15 is 0 Å². The number of methoxy groups -OCH3 is 1. The highest BCUT2D eigenvalue weighted by molar-refractivity contribution is 6.06. The molecule has 3 rings (SSSR count). The first-order chi connectivity index (χ1) is 9.70. The van der Waals surface area contributed by atoms with Crippen LogP contribution in [0.15, 0.2) is 55.1 Å². The van der Waals surface area contributed by atoms with Gasteiger partial charge in [-0.3, -0.25) is 9.78 Å². The van der Waals surface area contributed by atoms with E-state index in [-0.39, 0.29) is 5.78 Å². The minimum absolute atomic E-state index is 0.0353. The second kappa shape index (κ2) is 4.81. The fraction of sp³-hybridized carbons (Fsp3) is 0.125. The Hall–Kier alpha value is -2.62. The van der Waals surface area contributed by atoms with Crippen molar-refractivity contribution in [3.05, 3.63) is 66.2 Å². The van der Waals surface area contributed by atoms with Crippen molar-refractivity contribution >= 4 is 5.78 Å². The van der Waals surface area contributed by atoms with Crippen LogP contribution in [-0.4, -0.2) is 17.9 Å². The standard InChI is InChI=1S/C16H13NO3/c1-10-15(11-4-3-7-17-9-11)16(18)13-6-5-12(19-2)8-14(13)20-10/h3-9,15H,1H2,2H3. The third-order valence-electron chi connectivity index (χ3n) is 3.30. The number of aromatic nitrogens is 1. The van der Waals surface area contributed by atoms with E-state index < -0.39 is 5.92 Å². The maximum atomic E-state index is 12.6. The zero-order valence-corrected chi connectivity index (χ0v) is 11.0. The number of hydrogen-bond donors (Lipinski definition) is 0. The van der Waals surface area contributed by atoms with Crippen molar-refractivity contribution in [3.63, 3.8) is 0 Å². The number of rotatable bonds is 2. The first-order valence-electron chi connectivity index (χ1n) is 6.19. The Morgan fingerprint density at radius 2 is 2.20 bits per heavy atom. The maximum absolute atomic E-state index is 12.6. The monoisotopic (exact) mass is 267 g/mol. The molecule has 0 saturated carbocycles. The first-order valence-corrected chi connectivity index (χ1v) is 6.19. The van der Waals surface area contributed by atoms with E-state index in [0.717, 1.165) is 5.56 Å². The van der Waals surface area contributed by atoms with Crippen LogP contribution in [0, 0.1) is 0 Å². The minimum atomic E-state index is -0.510. The molecule has 1 unspecified atom stereocenters. The summed E-state index contributed by atoms with van der Waals surface area (Å²) in [5.74, 6) is 0.990. The van der Waals surface area contributed by atoms with E-state index in [1.54, 1.807) is 43.8 Å². The summed E-state index contributed by atoms with van der Waals surface area (Å²) in [6, 6.07) is 8.79. The highest BCUT2D eigenvalue weighted by atomic mass is 16.5. The van der Waals surface area contributed by atoms with Crippen LogP contribution in [-0.2, 0) is 0 Å². The van der Waals surface area contributed by atoms with Gasteiger partial charge >= 0.3 is 0 Å². The molecule has 20 heavy (non-hydrogen) atoms. The Morgan fingerprint density at radius 1 is 1.35 bits per heavy atom. The number of ether oxygens (including phenoxy) is 2. The minimum Gasteiger partial charge on any atom is -0.497 e. The zero-order valence-electron chi connectivity index (χ0n) is 11.0. The van der Waals surface area contributed by atoms with Gasteiger partial charge in [0.2, 0.25) is 0 Å². The number of benzene rings is 1. The van der Waals surface area contributed by atoms with Crippen LogP contribution in [0.2, 0.25) is 0 Å². The summed E-state index contributed by atoms with van der Waals surface area (Å²) in [7, 11) is 1.57. The predicted octanol–water partition coefficient (Wildman–Crippen LogP) is 2.96. The van der Waals surface area contributed by atoms with E-state index in [2.05, 4.69) is 11.6 Å². The van der Waals surface area contributed by atoms with Crippen molar-refractivity contribution < 1.29 is 14.3 Å². The predicted molar refractivity (Wildman–Crippen MR) is 74.1 cm³/mol. The molecule has 0 bridgehead atoms. The second-order valence-corrected chi connectivity index (χ2v) is 4.51. The van der Waals surface area contributed by atoms with Gasteiger partial charge in [-0.25, -0.2) is 0 Å². The number of carbonyl (C=O) groups excluding carboxylic acids is 1. The fourth-order valence-electron chi connectivity index (χ4n) is 2.30. The number of hydrogen-bond acceptors (Lipinski definition) is 4. The molecule has 0 amide bonds. The van der Waals surface area contributed by atoms with Crippen LogP contribution >= 0.6 is 0 Å². The lowest BCUT2D eigenvalue weighted by atomic mass is 9.88. The molecule has 1 aliphatic rings. The average molecular weight is 267 g/mol. The molecule has 0 fully saturated rings. The number of allylic oxidation sites excluding steroid dienone is 1. The van der Waals surface area contributed by atoms with Gasteiger partial charge in [0.05, 0.1) is 12.7 Å². The van der Waals surface area contributed by atoms with E-state index in [9.17, 15) is 4.79 Å². The highest BCUT2D eigenvalue weighted by Gasteiger charge is 2.33. The molecule has 1 aromatic heterocycles. The van der Waals surface area contributed by atoms with Crippen LogP contribution in [0.1, 0.15) is 21.8 Å². The molecule has 1 atom stereocenters. The van der Waals surface area contributed by atoms with Crippen molar-refractivity contribution in [3.8, 4) is 11.5 Å². The Labute approximate surface area is 116 Å². The molecule has 4 nitrogen and oxygen atoms in total. The number of Topliss-reactive ketones (excluding diaryl/α,β-unsaturated/α-hetero) is 1. The van der Waals surface area contributed by atoms with Gasteiger partial charge in [-0.15, -0.1) is 0 Å². The van der Waals surface area contributed by atoms with Crippen LogP contribution in [0.25, 0.3) is 0 Å². The van der Waals surface area contributed by atoms with E-state index in [1.807, 2.05) is 6.07 Å². The third kappa shape index (κ3) is 1.95. The molecule has 2 heterocycles. The smallest absolute Gasteiger partial charge is 0.181 e. The zero-order chi connectivity index (χ0) is 14.1. The van der Waals surface area contributed by atoms with Gasteiger partial charge in [-0.1, -0.05) is 12.6 Å². The Kier molecular flexibility index (Phi) is 2.99. The van der Waals surface area contributed by atoms with Crippen molar-refractivity contribution in [2.45, 2.75) is 5.92 Å². The third-order valence-corrected chi connectivity index (χ3v) is 3.30. The molecule has 0 saturated heterocycles. The number of ketones is 1. The summed E-state index contributed by atoms with van der Waals surface area (Å²) in [4.78, 5) is 16.7. The average Bonchev–Trinajstić information content (AvgIpc) is 2.47. The number of fused-ring (bicyclic) bond motifs is 1. The van der Waals surface area contributed by atoms with Crippen LogP contribution in [0.3, 0.4) is 0 Å². The molecule has 1 aliphatic heterocycles. The van der Waals surface area contributed by atoms with Crippen LogP contribution < -0.4 is 9.47 Å². The second-order valence-electron chi connectivity index (χ2n) is 4.51. The van der Waals surface area contributed by atoms with Gasteiger partial charge in [0, 0.05) is 18.5 Å². The lowest BCUT2D eigenvalue weighted by Gasteiger charge is -2.26. The number of carbonyl (C=O) groups is 1. The van der Waals surface area contributed by atoms with Gasteiger partial charge in [0.25, 0.3) is 0 Å². The van der Waals surface area contributed by atoms with E-state index in [4.69, 9.17) is 9.47 Å². The lowest BCUT2D eigenvalue weighted by Crippen LogP contribution is -2.23. The molecule has 2 aromatic rings.